The normalized spacial score (nSPS) is 11.5. The molecule has 0 unspecified atom stereocenters. The van der Waals surface area contributed by atoms with Crippen LogP contribution in [0.5, 0.6) is 5.75 Å². The first-order valence-electron chi connectivity index (χ1n) is 12.1. The molecule has 0 atom stereocenters. The molecule has 2 heterocycles. The maximum Gasteiger partial charge on any atom is 0.286 e. The second kappa shape index (κ2) is 11.2. The fourth-order valence-corrected chi connectivity index (χ4v) is 4.42. The van der Waals surface area contributed by atoms with Gasteiger partial charge in [0.25, 0.3) is 5.91 Å². The van der Waals surface area contributed by atoms with Crippen molar-refractivity contribution in [3.63, 3.8) is 0 Å². The third-order valence-corrected chi connectivity index (χ3v) is 7.61. The minimum absolute atomic E-state index is 0.101. The van der Waals surface area contributed by atoms with Gasteiger partial charge < -0.3 is 14.5 Å². The summed E-state index contributed by atoms with van der Waals surface area (Å²) in [4.78, 5) is 12.4. The summed E-state index contributed by atoms with van der Waals surface area (Å²) < 4.78 is 14.6. The van der Waals surface area contributed by atoms with Crippen LogP contribution in [0.3, 0.4) is 0 Å². The number of amides is 1. The van der Waals surface area contributed by atoms with Crippen LogP contribution in [0.15, 0.2) is 75.6 Å². The Morgan fingerprint density at radius 3 is 2.39 bits per heavy atom. The lowest BCUT2D eigenvalue weighted by Gasteiger charge is -2.26. The lowest BCUT2D eigenvalue weighted by molar-refractivity contribution is 0.0920. The van der Waals surface area contributed by atoms with E-state index in [1.54, 1.807) is 12.1 Å². The highest BCUT2D eigenvalue weighted by Gasteiger charge is 2.22. The molecule has 0 radical (unpaired) electrons. The molecule has 0 spiro atoms. The summed E-state index contributed by atoms with van der Waals surface area (Å²) in [6.45, 7) is 9.94. The van der Waals surface area contributed by atoms with Crippen LogP contribution in [0.2, 0.25) is 0 Å². The minimum atomic E-state index is -0.233. The fraction of sp³-hybridized carbons (Fsp3) is 0.310. The maximum absolute atomic E-state index is 12.4. The van der Waals surface area contributed by atoms with Gasteiger partial charge in [-0.25, -0.2) is 0 Å². The molecule has 0 aliphatic rings. The highest BCUT2D eigenvalue weighted by atomic mass is 79.9. The van der Waals surface area contributed by atoms with Gasteiger partial charge in [0.05, 0.1) is 10.2 Å². The molecule has 0 saturated heterocycles. The second-order valence-electron chi connectivity index (χ2n) is 9.39. The predicted octanol–water partition coefficient (Wildman–Crippen LogP) is 6.58. The number of nitrogens with one attached hydrogen (secondary N) is 1. The first kappa shape index (κ1) is 25.8. The highest BCUT2D eigenvalue weighted by Crippen LogP contribution is 2.32. The molecule has 36 heavy (non-hydrogen) atoms. The highest BCUT2D eigenvalue weighted by molar-refractivity contribution is 9.10. The Labute approximate surface area is 220 Å². The van der Waals surface area contributed by atoms with Crippen LogP contribution in [0.1, 0.15) is 59.1 Å². The van der Waals surface area contributed by atoms with E-state index >= 15 is 0 Å². The van der Waals surface area contributed by atoms with Crippen LogP contribution in [0.4, 0.5) is 0 Å². The largest absolute Gasteiger partial charge is 0.486 e. The molecule has 0 saturated carbocycles. The Bertz CT molecular complexity index is 1310. The zero-order valence-electron chi connectivity index (χ0n) is 21.2. The van der Waals surface area contributed by atoms with Crippen molar-refractivity contribution in [1.82, 2.24) is 15.1 Å². The average molecular weight is 550 g/mol. The van der Waals surface area contributed by atoms with Gasteiger partial charge >= 0.3 is 0 Å². The van der Waals surface area contributed by atoms with Gasteiger partial charge in [-0.1, -0.05) is 56.3 Å². The molecular weight excluding hydrogens is 518 g/mol. The Kier molecular flexibility index (Phi) is 7.99. The number of ether oxygens (including phenoxy) is 1. The van der Waals surface area contributed by atoms with Crippen LogP contribution in [0.25, 0.3) is 0 Å². The fourth-order valence-electron chi connectivity index (χ4n) is 4.13. The number of carbonyl (C=O) groups is 1. The van der Waals surface area contributed by atoms with Gasteiger partial charge in [0, 0.05) is 24.2 Å². The van der Waals surface area contributed by atoms with Crippen LogP contribution in [-0.2, 0) is 18.6 Å². The third kappa shape index (κ3) is 5.90. The second-order valence-corrected chi connectivity index (χ2v) is 10.2. The molecular formula is C29H32BrN3O3. The van der Waals surface area contributed by atoms with E-state index in [9.17, 15) is 4.79 Å². The number of carbonyl (C=O) groups excluding carboxylic acids is 1. The number of hydrogen-bond donors (Lipinski definition) is 1. The average Bonchev–Trinajstić information content (AvgIpc) is 3.46. The zero-order chi connectivity index (χ0) is 25.7. The van der Waals surface area contributed by atoms with E-state index in [0.29, 0.717) is 12.3 Å². The molecule has 0 bridgehead atoms. The van der Waals surface area contributed by atoms with E-state index in [1.807, 2.05) is 36.7 Å². The van der Waals surface area contributed by atoms with Crippen molar-refractivity contribution in [2.24, 2.45) is 0 Å². The van der Waals surface area contributed by atoms with Crippen molar-refractivity contribution in [1.29, 1.82) is 0 Å². The molecule has 6 nitrogen and oxygen atoms in total. The van der Waals surface area contributed by atoms with Crippen LogP contribution in [-0.4, -0.2) is 22.2 Å². The standard InChI is InChI=1S/C29H32BrN3O3/c1-20-27(30)21(2)33(32-20)18-8-17-31-28(34)26-16-15-25(36-26)19-35-24-13-11-23(12-14-24)29(3,4)22-9-6-5-7-10-22/h5-7,9-16H,8,17-19H2,1-4H3,(H,31,34). The monoisotopic (exact) mass is 549 g/mol. The van der Waals surface area contributed by atoms with E-state index in [4.69, 9.17) is 9.15 Å². The van der Waals surface area contributed by atoms with Crippen molar-refractivity contribution in [3.8, 4) is 5.75 Å². The summed E-state index contributed by atoms with van der Waals surface area (Å²) in [6, 6.07) is 22.0. The summed E-state index contributed by atoms with van der Waals surface area (Å²) in [7, 11) is 0. The molecule has 2 aromatic heterocycles. The van der Waals surface area contributed by atoms with E-state index in [1.165, 1.54) is 11.1 Å². The molecule has 0 aliphatic carbocycles. The number of hydrogen-bond acceptors (Lipinski definition) is 4. The quantitative estimate of drug-likeness (QED) is 0.227. The van der Waals surface area contributed by atoms with Gasteiger partial charge in [-0.2, -0.15) is 5.10 Å². The number of nitrogens with zero attached hydrogens (tertiary/aromatic N) is 2. The van der Waals surface area contributed by atoms with E-state index in [0.717, 1.165) is 34.6 Å². The van der Waals surface area contributed by atoms with E-state index < -0.39 is 0 Å². The zero-order valence-corrected chi connectivity index (χ0v) is 22.8. The predicted molar refractivity (Wildman–Crippen MR) is 144 cm³/mol. The molecule has 1 N–H and O–H groups in total. The molecule has 2 aromatic carbocycles. The lowest BCUT2D eigenvalue weighted by atomic mass is 9.78. The smallest absolute Gasteiger partial charge is 0.286 e. The molecule has 4 aromatic rings. The van der Waals surface area contributed by atoms with Crippen molar-refractivity contribution >= 4 is 21.8 Å². The van der Waals surface area contributed by atoms with E-state index in [-0.39, 0.29) is 23.7 Å². The Hall–Kier alpha value is -3.32. The van der Waals surface area contributed by atoms with Crippen LogP contribution in [0, 0.1) is 13.8 Å². The minimum Gasteiger partial charge on any atom is -0.486 e. The van der Waals surface area contributed by atoms with Gasteiger partial charge in [-0.05, 0) is 71.6 Å². The summed E-state index contributed by atoms with van der Waals surface area (Å²) in [5.74, 6) is 1.40. The number of rotatable bonds is 10. The number of benzene rings is 2. The van der Waals surface area contributed by atoms with Crippen LogP contribution >= 0.6 is 15.9 Å². The lowest BCUT2D eigenvalue weighted by Crippen LogP contribution is -2.25. The van der Waals surface area contributed by atoms with Gasteiger partial charge in [-0.15, -0.1) is 0 Å². The van der Waals surface area contributed by atoms with Crippen molar-refractivity contribution < 1.29 is 13.9 Å². The van der Waals surface area contributed by atoms with E-state index in [2.05, 4.69) is 76.6 Å². The molecule has 0 fully saturated rings. The van der Waals surface area contributed by atoms with Crippen molar-refractivity contribution in [3.05, 3.63) is 105 Å². The number of aryl methyl sites for hydroxylation is 2. The van der Waals surface area contributed by atoms with Crippen molar-refractivity contribution in [2.75, 3.05) is 6.54 Å². The summed E-state index contributed by atoms with van der Waals surface area (Å²) in [5, 5.41) is 7.39. The Balaban J connectivity index is 1.25. The number of halogens is 1. The van der Waals surface area contributed by atoms with Crippen molar-refractivity contribution in [2.45, 2.75) is 52.7 Å². The molecule has 188 valence electrons. The Morgan fingerprint density at radius 2 is 1.72 bits per heavy atom. The maximum atomic E-state index is 12.4. The van der Waals surface area contributed by atoms with Gasteiger partial charge in [0.1, 0.15) is 18.1 Å². The Morgan fingerprint density at radius 1 is 1.03 bits per heavy atom. The first-order chi connectivity index (χ1) is 17.3. The third-order valence-electron chi connectivity index (χ3n) is 6.46. The van der Waals surface area contributed by atoms with Gasteiger partial charge in [-0.3, -0.25) is 9.48 Å². The first-order valence-corrected chi connectivity index (χ1v) is 12.9. The molecule has 1 amide bonds. The summed E-state index contributed by atoms with van der Waals surface area (Å²) in [6.07, 6.45) is 0.772. The number of furan rings is 1. The SMILES string of the molecule is Cc1nn(CCCNC(=O)c2ccc(COc3ccc(C(C)(C)c4ccccc4)cc3)o2)c(C)c1Br. The topological polar surface area (TPSA) is 69.3 Å². The molecule has 0 aliphatic heterocycles. The van der Waals surface area contributed by atoms with Gasteiger partial charge in [0.2, 0.25) is 0 Å². The molecule has 4 rings (SSSR count). The number of aromatic nitrogens is 2. The van der Waals surface area contributed by atoms with Gasteiger partial charge in [0.15, 0.2) is 5.76 Å². The molecule has 7 heteroatoms. The summed E-state index contributed by atoms with van der Waals surface area (Å²) in [5.41, 5.74) is 4.43. The summed E-state index contributed by atoms with van der Waals surface area (Å²) >= 11 is 3.54. The van der Waals surface area contributed by atoms with Crippen LogP contribution < -0.4 is 10.1 Å².